The second-order valence-corrected chi connectivity index (χ2v) is 31.9. The van der Waals surface area contributed by atoms with Gasteiger partial charge in [-0.2, -0.15) is 8.42 Å². The first-order valence-electron chi connectivity index (χ1n) is 37.7. The Hall–Kier alpha value is -7.03. The second-order valence-electron chi connectivity index (χ2n) is 30.3. The molecule has 105 heavy (non-hydrogen) atoms. The van der Waals surface area contributed by atoms with E-state index in [1.807, 2.05) is 42.8 Å². The largest absolute Gasteiger partial charge is 0.508 e. The highest BCUT2D eigenvalue weighted by Gasteiger charge is 2.59. The fourth-order valence-corrected chi connectivity index (χ4v) is 17.1. The van der Waals surface area contributed by atoms with Gasteiger partial charge in [-0.1, -0.05) is 84.6 Å². The Bertz CT molecular complexity index is 3600. The van der Waals surface area contributed by atoms with Gasteiger partial charge in [-0.3, -0.25) is 48.2 Å². The lowest BCUT2D eigenvalue weighted by Crippen LogP contribution is -2.60. The number of phenols is 1. The number of aryl methyl sites for hydroxylation is 2. The van der Waals surface area contributed by atoms with Crippen LogP contribution in [0.4, 0.5) is 5.69 Å². The van der Waals surface area contributed by atoms with Crippen molar-refractivity contribution < 1.29 is 85.2 Å². The van der Waals surface area contributed by atoms with Crippen LogP contribution in [0.25, 0.3) is 0 Å². The average molecular weight is 1490 g/mol. The predicted octanol–water partition coefficient (Wildman–Crippen LogP) is 4.62. The van der Waals surface area contributed by atoms with Gasteiger partial charge in [0, 0.05) is 25.2 Å². The van der Waals surface area contributed by atoms with Crippen molar-refractivity contribution in [2.45, 2.75) is 218 Å². The van der Waals surface area contributed by atoms with Crippen molar-refractivity contribution in [2.24, 2.45) is 28.6 Å². The molecule has 1 aromatic heterocycles. The summed E-state index contributed by atoms with van der Waals surface area (Å²) in [6, 6.07) is 6.96. The first-order valence-corrected chi connectivity index (χ1v) is 39.3. The minimum absolute atomic E-state index is 0.0161. The van der Waals surface area contributed by atoms with E-state index in [0.29, 0.717) is 109 Å². The monoisotopic (exact) mass is 1490 g/mol. The van der Waals surface area contributed by atoms with Crippen LogP contribution in [0, 0.1) is 28.6 Å². The van der Waals surface area contributed by atoms with Crippen LogP contribution in [0.3, 0.4) is 0 Å². The number of benzene rings is 2. The van der Waals surface area contributed by atoms with Gasteiger partial charge in [0.05, 0.1) is 94.3 Å². The van der Waals surface area contributed by atoms with Gasteiger partial charge in [0.1, 0.15) is 42.3 Å². The van der Waals surface area contributed by atoms with Gasteiger partial charge in [-0.15, -0.1) is 5.10 Å². The lowest BCUT2D eigenvalue weighted by molar-refractivity contribution is -0.150. The first kappa shape index (κ1) is 83.6. The van der Waals surface area contributed by atoms with Crippen LogP contribution in [0.5, 0.6) is 5.75 Å². The van der Waals surface area contributed by atoms with Gasteiger partial charge in [0.2, 0.25) is 47.3 Å². The molecule has 11 N–H and O–H groups in total. The van der Waals surface area contributed by atoms with E-state index in [4.69, 9.17) is 28.2 Å². The number of amides is 8. The van der Waals surface area contributed by atoms with E-state index in [-0.39, 0.29) is 79.4 Å². The molecule has 5 aliphatic carbocycles. The van der Waals surface area contributed by atoms with Crippen molar-refractivity contribution in [3.8, 4) is 5.75 Å². The Kier molecular flexibility index (Phi) is 30.8. The van der Waals surface area contributed by atoms with E-state index >= 15 is 0 Å². The molecule has 0 saturated heterocycles. The van der Waals surface area contributed by atoms with E-state index in [1.165, 1.54) is 12.5 Å². The number of nitrogens with one attached hydrogen (secondary N) is 8. The van der Waals surface area contributed by atoms with Gasteiger partial charge in [0.25, 0.3) is 10.1 Å². The fourth-order valence-electron chi connectivity index (χ4n) is 16.7. The number of carbonyl (C=O) groups is 8. The molecule has 11 atom stereocenters. The summed E-state index contributed by atoms with van der Waals surface area (Å²) in [4.78, 5) is 109. The fraction of sp³-hybridized carbons (Fsp3) is 0.707. The highest BCUT2D eigenvalue weighted by Crippen LogP contribution is 2.60. The topological polar surface area (TPSA) is 404 Å². The normalized spacial score (nSPS) is 23.9. The standard InChI is InChI=1S/C75H115N11O18S/c1-48(2)64(82-67(92)56(76-8)16-12-13-32-77-63(90)47-104-59-18-11-9-10-17-58-65(59)84-85-86(58)34-36-101-38-40-103-42-41-102-39-37-100-35-27-62(89)78-33-43-105(97,98)99)69(94)79-49(3)66(91)81-57(46-87)68(93)80-52-23-19-50-21-25-60-72(4,54(50)44-52)28-14-30-74(60,6)70(95)83-71(96)75(7)31-15-29-73(5)55-45-53(88)24-20-51(55)22-26-61(73)75/h19-20,23-24,44-45,48-49,56-57,59-61,64,76,87-88H,9-18,21-22,25-43,46-47H2,1-8H3,(H,77,90)(H,78,89)(H,79,94)(H,80,93)(H,81,91)(H,82,92)(H,83,95,96)(H,97,98,99)/t49-,56+,57-,59?,60+,61+,64-,72+,73+,74-,75-/m0/s1. The summed E-state index contributed by atoms with van der Waals surface area (Å²) in [7, 11) is -2.49. The van der Waals surface area contributed by atoms with Crippen LogP contribution >= 0.6 is 0 Å². The first-order chi connectivity index (χ1) is 50.0. The van der Waals surface area contributed by atoms with Gasteiger partial charge in [-0.05, 0) is 179 Å². The van der Waals surface area contributed by atoms with Gasteiger partial charge >= 0.3 is 0 Å². The summed E-state index contributed by atoms with van der Waals surface area (Å²) >= 11 is 0. The number of carbonyl (C=O) groups excluding carboxylic acids is 8. The molecule has 1 heterocycles. The van der Waals surface area contributed by atoms with Crippen LogP contribution in [0.1, 0.15) is 191 Å². The van der Waals surface area contributed by atoms with E-state index in [2.05, 4.69) is 66.7 Å². The smallest absolute Gasteiger partial charge is 0.266 e. The number of ether oxygens (including phenoxy) is 5. The second kappa shape index (κ2) is 38.7. The summed E-state index contributed by atoms with van der Waals surface area (Å²) in [5.41, 5.74) is 4.01. The number of anilines is 1. The molecule has 2 saturated carbocycles. The van der Waals surface area contributed by atoms with E-state index in [0.717, 1.165) is 93.0 Å². The van der Waals surface area contributed by atoms with Crippen LogP contribution in [0.2, 0.25) is 0 Å². The number of hydrogen-bond donors (Lipinski definition) is 11. The number of aliphatic hydroxyl groups is 1. The third kappa shape index (κ3) is 22.1. The van der Waals surface area contributed by atoms with Crippen LogP contribution in [-0.2, 0) is 109 Å². The number of hydrogen-bond acceptors (Lipinski definition) is 20. The average Bonchev–Trinajstić information content (AvgIpc) is 1.01. The third-order valence-electron chi connectivity index (χ3n) is 22.6. The molecule has 8 rings (SSSR count). The maximum absolute atomic E-state index is 14.8. The maximum Gasteiger partial charge on any atom is 0.266 e. The molecule has 584 valence electrons. The predicted molar refractivity (Wildman–Crippen MR) is 390 cm³/mol. The van der Waals surface area contributed by atoms with Crippen molar-refractivity contribution in [3.05, 3.63) is 70.0 Å². The Morgan fingerprint density at radius 3 is 1.85 bits per heavy atom. The van der Waals surface area contributed by atoms with Gasteiger partial charge < -0.3 is 71.1 Å². The van der Waals surface area contributed by atoms with Crippen LogP contribution < -0.4 is 42.5 Å². The molecule has 29 nitrogen and oxygen atoms in total. The number of imide groups is 1. The number of unbranched alkanes of at least 4 members (excludes halogenated alkanes) is 1. The molecular weight excluding hydrogens is 1370 g/mol. The lowest BCUT2D eigenvalue weighted by Gasteiger charge is -2.56. The molecule has 0 bridgehead atoms. The molecule has 3 aromatic rings. The van der Waals surface area contributed by atoms with E-state index in [1.54, 1.807) is 33.0 Å². The van der Waals surface area contributed by atoms with Crippen molar-refractivity contribution in [2.75, 3.05) is 97.3 Å². The highest BCUT2D eigenvalue weighted by molar-refractivity contribution is 7.85. The van der Waals surface area contributed by atoms with Crippen molar-refractivity contribution >= 4 is 63.1 Å². The molecule has 0 spiro atoms. The maximum atomic E-state index is 14.8. The number of aromatic hydroxyl groups is 1. The summed E-state index contributed by atoms with van der Waals surface area (Å²) in [6.45, 7) is 15.6. The summed E-state index contributed by atoms with van der Waals surface area (Å²) in [5.74, 6) is -4.53. The Morgan fingerprint density at radius 1 is 0.638 bits per heavy atom. The molecule has 5 aliphatic rings. The Morgan fingerprint density at radius 2 is 1.24 bits per heavy atom. The van der Waals surface area contributed by atoms with E-state index in [9.17, 15) is 57.0 Å². The molecule has 0 radical (unpaired) electrons. The number of nitrogens with zero attached hydrogens (tertiary/aromatic N) is 3. The minimum atomic E-state index is -4.13. The molecule has 0 aliphatic heterocycles. The summed E-state index contributed by atoms with van der Waals surface area (Å²) in [6.07, 6.45) is 13.0. The number of likely N-dealkylation sites (N-methyl/N-ethyl adjacent to an activating group) is 1. The zero-order valence-corrected chi connectivity index (χ0v) is 63.4. The van der Waals surface area contributed by atoms with Crippen LogP contribution in [-0.4, -0.2) is 202 Å². The van der Waals surface area contributed by atoms with Gasteiger partial charge in [-0.25, -0.2) is 4.68 Å². The number of rotatable bonds is 39. The summed E-state index contributed by atoms with van der Waals surface area (Å²) < 4.78 is 60.4. The number of fused-ring (bicyclic) bond motifs is 7. The number of aromatic nitrogens is 3. The highest BCUT2D eigenvalue weighted by atomic mass is 32.2. The lowest BCUT2D eigenvalue weighted by atomic mass is 9.49. The zero-order valence-electron chi connectivity index (χ0n) is 62.6. The molecule has 30 heteroatoms. The molecule has 2 aromatic carbocycles. The molecule has 1 unspecified atom stereocenters. The minimum Gasteiger partial charge on any atom is -0.508 e. The number of aliphatic hydroxyl groups excluding tert-OH is 1. The molecule has 2 fully saturated rings. The third-order valence-corrected chi connectivity index (χ3v) is 23.4. The van der Waals surface area contributed by atoms with E-state index < -0.39 is 98.5 Å². The van der Waals surface area contributed by atoms with Crippen molar-refractivity contribution in [1.29, 1.82) is 0 Å². The van der Waals surface area contributed by atoms with Crippen LogP contribution in [0.15, 0.2) is 36.4 Å². The quantitative estimate of drug-likeness (QED) is 0.0211. The number of phenolic OH excluding ortho intramolecular Hbond substituents is 1. The molecular formula is C75H115N11O18S. The molecule has 8 amide bonds. The van der Waals surface area contributed by atoms with Crippen molar-refractivity contribution in [1.82, 2.24) is 52.2 Å². The van der Waals surface area contributed by atoms with Gasteiger partial charge in [0.15, 0.2) is 0 Å². The Balaban J connectivity index is 0.716. The Labute approximate surface area is 617 Å². The van der Waals surface area contributed by atoms with Crippen molar-refractivity contribution in [3.63, 3.8) is 0 Å². The zero-order chi connectivity index (χ0) is 76.1. The summed E-state index contributed by atoms with van der Waals surface area (Å²) in [5, 5.41) is 52.1. The SMILES string of the molecule is CN[C@H](CCCCNC(=O)COC1CCCCCc2c1nnn2CCOCCOCCOCCOCCC(=O)NCCS(=O)(=O)O)C(=O)N[C@H](C(=O)N[C@@H](C)C(=O)N[C@@H](CO)C(=O)Nc1ccc2c(c1)[C@@]1(C)CCC[C@](C)(C(=O)NC(=O)[C@@]3(C)CCC[C@]4(C)c5cc(O)ccc5CC[C@@H]34)[C@@H]1CC2)C(C)C.